The molecular weight excluding hydrogens is 200 g/mol. The molecule has 0 heterocycles. The molecule has 0 rings (SSSR count). The van der Waals surface area contributed by atoms with Crippen molar-refractivity contribution in [3.63, 3.8) is 0 Å². The minimum atomic E-state index is 0. The molecule has 0 spiro atoms. The Bertz CT molecular complexity index is 32.6. The molecule has 2 nitrogen and oxygen atoms in total. The first-order valence-corrected chi connectivity index (χ1v) is 1.19. The third-order valence-corrected chi connectivity index (χ3v) is 0. The summed E-state index contributed by atoms with van der Waals surface area (Å²) in [6, 6.07) is 0. The van der Waals surface area contributed by atoms with Gasteiger partial charge in [0.05, 0.1) is 0 Å². The molecule has 0 aliphatic carbocycles. The molecule has 31 valence electrons. The van der Waals surface area contributed by atoms with Gasteiger partial charge in [0.25, 0.3) is 0 Å². The number of hydrogen-bond acceptors (Lipinski definition) is 1. The van der Waals surface area contributed by atoms with Gasteiger partial charge in [0.2, 0.25) is 0 Å². The van der Waals surface area contributed by atoms with Crippen LogP contribution in [0.2, 0.25) is 0 Å². The maximum absolute atomic E-state index is 4.62. The van der Waals surface area contributed by atoms with Gasteiger partial charge in [0.15, 0.2) is 5.11 Å². The van der Waals surface area contributed by atoms with Gasteiger partial charge in [0, 0.05) is 0 Å². The van der Waals surface area contributed by atoms with E-state index in [1.807, 2.05) is 0 Å². The van der Waals surface area contributed by atoms with Crippen molar-refractivity contribution >= 4 is 41.0 Å². The van der Waals surface area contributed by atoms with Crippen LogP contribution in [0.3, 0.4) is 0 Å². The molecule has 0 fully saturated rings. The van der Waals surface area contributed by atoms with Gasteiger partial charge >= 0.3 is 23.7 Å². The van der Waals surface area contributed by atoms with Crippen LogP contribution in [0.5, 0.6) is 0 Å². The molecule has 0 aromatic rings. The van der Waals surface area contributed by atoms with Crippen molar-refractivity contribution in [2.75, 3.05) is 0 Å². The third kappa shape index (κ3) is 120. The average molecular weight is 205 g/mol. The fraction of sp³-hybridized carbons (Fsp3) is 0. The van der Waals surface area contributed by atoms with E-state index in [0.29, 0.717) is 0 Å². The molecule has 0 aliphatic rings. The van der Waals surface area contributed by atoms with Crippen molar-refractivity contribution in [2.24, 2.45) is 11.5 Å². The molecule has 0 bridgehead atoms. The van der Waals surface area contributed by atoms with Crippen LogP contribution in [-0.4, -0.2) is 28.8 Å². The van der Waals surface area contributed by atoms with E-state index in [1.165, 1.54) is 0 Å². The Kier molecular flexibility index (Phi) is 8.14. The summed E-state index contributed by atoms with van der Waals surface area (Å²) in [5.74, 6) is 0. The van der Waals surface area contributed by atoms with E-state index in [4.69, 9.17) is 0 Å². The standard InChI is InChI=1S/CH4N2S.HTe/c2-1(3)4;/h(H4,2,3,4);1H. The molecule has 0 unspecified atom stereocenters. The Labute approximate surface area is 52.6 Å². The van der Waals surface area contributed by atoms with E-state index >= 15 is 0 Å². The minimum absolute atomic E-state index is 0. The second-order valence-electron chi connectivity index (χ2n) is 0.402. The summed E-state index contributed by atoms with van der Waals surface area (Å²) in [7, 11) is 0. The van der Waals surface area contributed by atoms with Crippen LogP contribution in [-0.2, 0) is 0 Å². The van der Waals surface area contributed by atoms with Crippen molar-refractivity contribution < 1.29 is 0 Å². The van der Waals surface area contributed by atoms with Crippen LogP contribution in [0.15, 0.2) is 0 Å². The summed E-state index contributed by atoms with van der Waals surface area (Å²) in [5.41, 5.74) is 9.24. The number of nitrogens with two attached hydrogens (primary N) is 2. The molecule has 4 heteroatoms. The first-order valence-electron chi connectivity index (χ1n) is 0.781. The molecule has 0 aromatic carbocycles. The summed E-state index contributed by atoms with van der Waals surface area (Å²) in [6.45, 7) is 0. The molecule has 0 atom stereocenters. The van der Waals surface area contributed by atoms with Gasteiger partial charge in [-0.2, -0.15) is 0 Å². The van der Waals surface area contributed by atoms with E-state index < -0.39 is 0 Å². The fourth-order valence-corrected chi connectivity index (χ4v) is 0. The number of hydrogen-bond donors (Lipinski definition) is 2. The van der Waals surface area contributed by atoms with Gasteiger partial charge in [-0.3, -0.25) is 0 Å². The van der Waals surface area contributed by atoms with Gasteiger partial charge in [-0.1, -0.05) is 0 Å². The van der Waals surface area contributed by atoms with Crippen LogP contribution in [0, 0.1) is 0 Å². The Morgan fingerprint density at radius 2 is 1.40 bits per heavy atom. The SMILES string of the molecule is NC(N)=S.[TeH]. The molecule has 0 aromatic heterocycles. The predicted octanol–water partition coefficient (Wildman–Crippen LogP) is -1.46. The van der Waals surface area contributed by atoms with Crippen LogP contribution in [0.4, 0.5) is 0 Å². The zero-order valence-corrected chi connectivity index (χ0v) is 5.88. The van der Waals surface area contributed by atoms with Crippen molar-refractivity contribution in [3.8, 4) is 0 Å². The molecule has 0 amide bonds. The number of thiocarbonyl (C=S) groups is 1. The van der Waals surface area contributed by atoms with E-state index in [2.05, 4.69) is 23.7 Å². The van der Waals surface area contributed by atoms with E-state index in [0.717, 1.165) is 0 Å². The summed E-state index contributed by atoms with van der Waals surface area (Å²) in [6.07, 6.45) is 0. The third-order valence-electron chi connectivity index (χ3n) is 0. The molecule has 0 saturated heterocycles. The zero-order chi connectivity index (χ0) is 3.58. The van der Waals surface area contributed by atoms with Crippen LogP contribution in [0.25, 0.3) is 0 Å². The van der Waals surface area contributed by atoms with Crippen molar-refractivity contribution in [1.82, 2.24) is 0 Å². The molecule has 0 saturated carbocycles. The van der Waals surface area contributed by atoms with E-state index in [-0.39, 0.29) is 28.8 Å². The second kappa shape index (κ2) is 4.48. The Morgan fingerprint density at radius 3 is 1.40 bits per heavy atom. The summed E-state index contributed by atoms with van der Waals surface area (Å²) < 4.78 is 0. The van der Waals surface area contributed by atoms with Crippen molar-refractivity contribution in [3.05, 3.63) is 0 Å². The molecular formula is CH5N2STe. The first kappa shape index (κ1) is 9.08. The van der Waals surface area contributed by atoms with Gasteiger partial charge in [-0.05, 0) is 12.2 Å². The van der Waals surface area contributed by atoms with Crippen LogP contribution in [0.1, 0.15) is 0 Å². The predicted molar refractivity (Wildman–Crippen MR) is 28.1 cm³/mol. The maximum atomic E-state index is 4.62. The van der Waals surface area contributed by atoms with Crippen molar-refractivity contribution in [1.29, 1.82) is 0 Å². The van der Waals surface area contributed by atoms with Crippen LogP contribution < -0.4 is 11.5 Å². The second-order valence-corrected chi connectivity index (χ2v) is 0.874. The topological polar surface area (TPSA) is 52.0 Å². The first-order chi connectivity index (χ1) is 1.73. The Morgan fingerprint density at radius 1 is 1.40 bits per heavy atom. The van der Waals surface area contributed by atoms with E-state index in [1.54, 1.807) is 0 Å². The Balaban J connectivity index is 0. The zero-order valence-electron chi connectivity index (χ0n) is 2.51. The molecule has 4 N–H and O–H groups in total. The summed E-state index contributed by atoms with van der Waals surface area (Å²) >= 11 is 4.09. The fourth-order valence-electron chi connectivity index (χ4n) is 0. The van der Waals surface area contributed by atoms with Crippen LogP contribution >= 0.6 is 12.2 Å². The van der Waals surface area contributed by atoms with Gasteiger partial charge in [-0.15, -0.1) is 0 Å². The molecule has 5 heavy (non-hydrogen) atoms. The molecule has 1 radical (unpaired) electrons. The Hall–Kier alpha value is 0.480. The van der Waals surface area contributed by atoms with Gasteiger partial charge in [0.1, 0.15) is 0 Å². The molecule has 0 aliphatic heterocycles. The number of rotatable bonds is 0. The normalized spacial score (nSPS) is 4.80. The van der Waals surface area contributed by atoms with Gasteiger partial charge < -0.3 is 11.5 Å². The van der Waals surface area contributed by atoms with Gasteiger partial charge in [-0.25, -0.2) is 0 Å². The monoisotopic (exact) mass is 207 g/mol. The quantitative estimate of drug-likeness (QED) is 0.375. The van der Waals surface area contributed by atoms with Crippen molar-refractivity contribution in [2.45, 2.75) is 0 Å². The van der Waals surface area contributed by atoms with E-state index in [9.17, 15) is 0 Å². The summed E-state index contributed by atoms with van der Waals surface area (Å²) in [4.78, 5) is 0. The average Bonchev–Trinajstić information content (AvgIpc) is 0.811. The summed E-state index contributed by atoms with van der Waals surface area (Å²) in [5, 5.41) is 0.000000000000000222.